The number of hydrogen-bond acceptors (Lipinski definition) is 7. The first-order chi connectivity index (χ1) is 10.1. The van der Waals surface area contributed by atoms with E-state index < -0.39 is 0 Å². The first-order valence-corrected chi connectivity index (χ1v) is 7.01. The van der Waals surface area contributed by atoms with Crippen molar-refractivity contribution in [3.63, 3.8) is 0 Å². The molecule has 9 heteroatoms. The Morgan fingerprint density at radius 3 is 3.05 bits per heavy atom. The lowest BCUT2D eigenvalue weighted by atomic mass is 10.3. The van der Waals surface area contributed by atoms with E-state index >= 15 is 0 Å². The minimum absolute atomic E-state index is 0.170. The zero-order chi connectivity index (χ0) is 14.8. The van der Waals surface area contributed by atoms with Gasteiger partial charge in [0.25, 0.3) is 5.91 Å². The molecule has 8 nitrogen and oxygen atoms in total. The summed E-state index contributed by atoms with van der Waals surface area (Å²) < 4.78 is 6.75. The third-order valence-electron chi connectivity index (χ3n) is 2.78. The third kappa shape index (κ3) is 2.82. The standard InChI is InChI=1S/C12H12N6O2S/c1-7-10(21-6-14-7)12(19)13-4-9-16-11(17-20-9)8-3-15-18(2)5-8/h3,5-6H,4H2,1-2H3,(H,13,19). The highest BCUT2D eigenvalue weighted by Gasteiger charge is 2.14. The molecule has 108 valence electrons. The predicted molar refractivity (Wildman–Crippen MR) is 74.5 cm³/mol. The van der Waals surface area contributed by atoms with Crippen molar-refractivity contribution in [1.29, 1.82) is 0 Å². The minimum atomic E-state index is -0.198. The van der Waals surface area contributed by atoms with Crippen LogP contribution in [0.3, 0.4) is 0 Å². The van der Waals surface area contributed by atoms with Crippen LogP contribution in [0.2, 0.25) is 0 Å². The van der Waals surface area contributed by atoms with Gasteiger partial charge >= 0.3 is 0 Å². The third-order valence-corrected chi connectivity index (χ3v) is 3.71. The topological polar surface area (TPSA) is 98.7 Å². The number of rotatable bonds is 4. The van der Waals surface area contributed by atoms with Crippen molar-refractivity contribution in [3.8, 4) is 11.4 Å². The number of aromatic nitrogens is 5. The summed E-state index contributed by atoms with van der Waals surface area (Å²) in [5.41, 5.74) is 3.11. The summed E-state index contributed by atoms with van der Waals surface area (Å²) in [5, 5.41) is 10.6. The van der Waals surface area contributed by atoms with Gasteiger partial charge in [0.2, 0.25) is 11.7 Å². The van der Waals surface area contributed by atoms with Crippen LogP contribution in [0.25, 0.3) is 11.4 Å². The summed E-state index contributed by atoms with van der Waals surface area (Å²) >= 11 is 1.30. The van der Waals surface area contributed by atoms with Crippen LogP contribution in [0.5, 0.6) is 0 Å². The van der Waals surface area contributed by atoms with Gasteiger partial charge in [0.15, 0.2) is 0 Å². The summed E-state index contributed by atoms with van der Waals surface area (Å²) in [7, 11) is 1.81. The average molecular weight is 304 g/mol. The first-order valence-electron chi connectivity index (χ1n) is 6.13. The zero-order valence-corrected chi connectivity index (χ0v) is 12.2. The van der Waals surface area contributed by atoms with Gasteiger partial charge in [0.1, 0.15) is 4.88 Å². The molecule has 0 fully saturated rings. The van der Waals surface area contributed by atoms with Gasteiger partial charge in [-0.1, -0.05) is 5.16 Å². The Morgan fingerprint density at radius 1 is 1.52 bits per heavy atom. The normalized spacial score (nSPS) is 10.8. The second-order valence-electron chi connectivity index (χ2n) is 4.36. The summed E-state index contributed by atoms with van der Waals surface area (Å²) in [6, 6.07) is 0. The fourth-order valence-corrected chi connectivity index (χ4v) is 2.46. The molecule has 0 bridgehead atoms. The van der Waals surface area contributed by atoms with E-state index in [0.29, 0.717) is 22.3 Å². The highest BCUT2D eigenvalue weighted by Crippen LogP contribution is 2.15. The maximum Gasteiger partial charge on any atom is 0.263 e. The van der Waals surface area contributed by atoms with Crippen LogP contribution < -0.4 is 5.32 Å². The molecule has 0 unspecified atom stereocenters. The molecule has 0 aliphatic carbocycles. The van der Waals surface area contributed by atoms with E-state index in [9.17, 15) is 4.79 Å². The summed E-state index contributed by atoms with van der Waals surface area (Å²) in [6.45, 7) is 1.96. The summed E-state index contributed by atoms with van der Waals surface area (Å²) in [4.78, 5) is 20.8. The molecule has 0 atom stereocenters. The van der Waals surface area contributed by atoms with Crippen LogP contribution in [0.1, 0.15) is 21.3 Å². The molecule has 1 N–H and O–H groups in total. The van der Waals surface area contributed by atoms with Gasteiger partial charge in [-0.05, 0) is 6.92 Å². The van der Waals surface area contributed by atoms with E-state index in [4.69, 9.17) is 4.52 Å². The molecule has 21 heavy (non-hydrogen) atoms. The van der Waals surface area contributed by atoms with Gasteiger partial charge in [-0.3, -0.25) is 9.48 Å². The average Bonchev–Trinajstić information content (AvgIpc) is 3.16. The van der Waals surface area contributed by atoms with Gasteiger partial charge in [-0.15, -0.1) is 11.3 Å². The fraction of sp³-hybridized carbons (Fsp3) is 0.250. The van der Waals surface area contributed by atoms with Crippen LogP contribution in [0.15, 0.2) is 22.4 Å². The largest absolute Gasteiger partial charge is 0.342 e. The lowest BCUT2D eigenvalue weighted by molar-refractivity contribution is 0.0949. The molecule has 1 amide bonds. The number of carbonyl (C=O) groups is 1. The first kappa shape index (κ1) is 13.4. The van der Waals surface area contributed by atoms with E-state index in [-0.39, 0.29) is 12.5 Å². The molecule has 0 saturated heterocycles. The van der Waals surface area contributed by atoms with Crippen molar-refractivity contribution in [2.45, 2.75) is 13.5 Å². The fourth-order valence-electron chi connectivity index (χ4n) is 1.74. The van der Waals surface area contributed by atoms with Gasteiger partial charge in [-0.2, -0.15) is 10.1 Å². The Balaban J connectivity index is 1.65. The van der Waals surface area contributed by atoms with Gasteiger partial charge in [0, 0.05) is 13.2 Å². The van der Waals surface area contributed by atoms with Gasteiger partial charge in [0.05, 0.1) is 29.5 Å². The molecule has 0 aliphatic rings. The van der Waals surface area contributed by atoms with E-state index in [1.54, 1.807) is 29.5 Å². The van der Waals surface area contributed by atoms with Crippen LogP contribution in [0.4, 0.5) is 0 Å². The van der Waals surface area contributed by atoms with Crippen molar-refractivity contribution in [2.24, 2.45) is 7.05 Å². The van der Waals surface area contributed by atoms with Crippen molar-refractivity contribution in [1.82, 2.24) is 30.2 Å². The lowest BCUT2D eigenvalue weighted by Gasteiger charge is -1.99. The van der Waals surface area contributed by atoms with Crippen LogP contribution in [0, 0.1) is 6.92 Å². The Hall–Kier alpha value is -2.55. The van der Waals surface area contributed by atoms with Gasteiger partial charge in [-0.25, -0.2) is 4.98 Å². The van der Waals surface area contributed by atoms with Crippen LogP contribution >= 0.6 is 11.3 Å². The minimum Gasteiger partial charge on any atom is -0.342 e. The Labute approximate surface area is 123 Å². The molecular weight excluding hydrogens is 292 g/mol. The smallest absolute Gasteiger partial charge is 0.263 e. The van der Waals surface area contributed by atoms with Crippen molar-refractivity contribution in [3.05, 3.63) is 34.4 Å². The second-order valence-corrected chi connectivity index (χ2v) is 5.22. The molecule has 0 aromatic carbocycles. The maximum atomic E-state index is 11.9. The lowest BCUT2D eigenvalue weighted by Crippen LogP contribution is -2.22. The van der Waals surface area contributed by atoms with E-state index in [1.807, 2.05) is 7.05 Å². The Morgan fingerprint density at radius 2 is 2.38 bits per heavy atom. The molecule has 3 rings (SSSR count). The van der Waals surface area contributed by atoms with E-state index in [2.05, 4.69) is 25.5 Å². The summed E-state index contributed by atoms with van der Waals surface area (Å²) in [6.07, 6.45) is 3.43. The molecule has 0 saturated carbocycles. The molecule has 3 aromatic rings. The molecule has 0 radical (unpaired) electrons. The van der Waals surface area contributed by atoms with Crippen LogP contribution in [-0.2, 0) is 13.6 Å². The number of nitrogens with zero attached hydrogens (tertiary/aromatic N) is 5. The van der Waals surface area contributed by atoms with E-state index in [1.165, 1.54) is 11.3 Å². The SMILES string of the molecule is Cc1ncsc1C(=O)NCc1nc(-c2cnn(C)c2)no1. The van der Waals surface area contributed by atoms with Crippen LogP contribution in [-0.4, -0.2) is 30.8 Å². The predicted octanol–water partition coefficient (Wildman–Crippen LogP) is 1.17. The Kier molecular flexibility index (Phi) is 3.48. The van der Waals surface area contributed by atoms with Crippen molar-refractivity contribution < 1.29 is 9.32 Å². The molecule has 0 aliphatic heterocycles. The number of carbonyl (C=O) groups excluding carboxylic acids is 1. The maximum absolute atomic E-state index is 11.9. The number of aryl methyl sites for hydroxylation is 2. The second kappa shape index (κ2) is 5.44. The number of amides is 1. The Bertz CT molecular complexity index is 774. The number of hydrogen-bond donors (Lipinski definition) is 1. The zero-order valence-electron chi connectivity index (χ0n) is 11.4. The highest BCUT2D eigenvalue weighted by atomic mass is 32.1. The van der Waals surface area contributed by atoms with E-state index in [0.717, 1.165) is 5.56 Å². The number of nitrogens with one attached hydrogen (secondary N) is 1. The highest BCUT2D eigenvalue weighted by molar-refractivity contribution is 7.11. The molecule has 3 aromatic heterocycles. The van der Waals surface area contributed by atoms with Crippen molar-refractivity contribution in [2.75, 3.05) is 0 Å². The number of thiazole rings is 1. The quantitative estimate of drug-likeness (QED) is 0.776. The summed E-state index contributed by atoms with van der Waals surface area (Å²) in [5.74, 6) is 0.585. The van der Waals surface area contributed by atoms with Crippen molar-refractivity contribution >= 4 is 17.2 Å². The monoisotopic (exact) mass is 304 g/mol. The molecule has 3 heterocycles. The molecular formula is C12H12N6O2S. The molecule has 0 spiro atoms. The van der Waals surface area contributed by atoms with Gasteiger partial charge < -0.3 is 9.84 Å².